The van der Waals surface area contributed by atoms with E-state index in [1.54, 1.807) is 43.3 Å². The van der Waals surface area contributed by atoms with Gasteiger partial charge in [0.2, 0.25) is 15.9 Å². The minimum atomic E-state index is -3.91. The molecule has 0 radical (unpaired) electrons. The van der Waals surface area contributed by atoms with E-state index in [0.717, 1.165) is 9.87 Å². The van der Waals surface area contributed by atoms with Crippen LogP contribution >= 0.6 is 0 Å². The van der Waals surface area contributed by atoms with E-state index in [1.165, 1.54) is 20.2 Å². The Hall–Kier alpha value is -3.36. The Bertz CT molecular complexity index is 1150. The number of likely N-dealkylation sites (N-methyl/N-ethyl adjacent to an activating group) is 1. The van der Waals surface area contributed by atoms with E-state index in [0.29, 0.717) is 17.2 Å². The zero-order chi connectivity index (χ0) is 22.4. The van der Waals surface area contributed by atoms with Crippen molar-refractivity contribution in [3.63, 3.8) is 0 Å². The topological polar surface area (TPSA) is 84.9 Å². The highest BCUT2D eigenvalue weighted by molar-refractivity contribution is 7.89. The standard InChI is InChI=1S/C23H24N2O5S/c1-17-9-14-21(29-3)22(15-17)31(27,28)25(2)16-23(26)24-18-10-12-20(13-11-18)30-19-7-5-4-6-8-19/h4-15H,16H2,1-3H3,(H,24,26). The number of hydrogen-bond donors (Lipinski definition) is 1. The van der Waals surface area contributed by atoms with Crippen molar-refractivity contribution >= 4 is 21.6 Å². The van der Waals surface area contributed by atoms with Crippen LogP contribution in [-0.4, -0.2) is 39.3 Å². The predicted octanol–water partition coefficient (Wildman–Crippen LogP) is 4.06. The summed E-state index contributed by atoms with van der Waals surface area (Å²) in [6.45, 7) is 1.44. The third-order valence-electron chi connectivity index (χ3n) is 4.49. The van der Waals surface area contributed by atoms with Crippen LogP contribution in [0.15, 0.2) is 77.7 Å². The van der Waals surface area contributed by atoms with E-state index in [2.05, 4.69) is 5.32 Å². The molecule has 7 nitrogen and oxygen atoms in total. The van der Waals surface area contributed by atoms with Gasteiger partial charge in [-0.25, -0.2) is 8.42 Å². The van der Waals surface area contributed by atoms with Gasteiger partial charge in [0, 0.05) is 12.7 Å². The van der Waals surface area contributed by atoms with Gasteiger partial charge in [-0.1, -0.05) is 24.3 Å². The van der Waals surface area contributed by atoms with Crippen LogP contribution in [0, 0.1) is 6.92 Å². The van der Waals surface area contributed by atoms with Gasteiger partial charge in [0.1, 0.15) is 22.1 Å². The van der Waals surface area contributed by atoms with Crippen LogP contribution in [0.25, 0.3) is 0 Å². The maximum atomic E-state index is 12.9. The average molecular weight is 441 g/mol. The van der Waals surface area contributed by atoms with Crippen LogP contribution in [-0.2, 0) is 14.8 Å². The lowest BCUT2D eigenvalue weighted by molar-refractivity contribution is -0.116. The molecular weight excluding hydrogens is 416 g/mol. The second-order valence-electron chi connectivity index (χ2n) is 6.90. The van der Waals surface area contributed by atoms with E-state index in [-0.39, 0.29) is 17.2 Å². The Morgan fingerprint density at radius 1 is 0.968 bits per heavy atom. The first-order valence-electron chi connectivity index (χ1n) is 9.53. The molecule has 8 heteroatoms. The third-order valence-corrected chi connectivity index (χ3v) is 6.32. The molecule has 0 spiro atoms. The maximum absolute atomic E-state index is 12.9. The van der Waals surface area contributed by atoms with Gasteiger partial charge < -0.3 is 14.8 Å². The quantitative estimate of drug-likeness (QED) is 0.571. The second-order valence-corrected chi connectivity index (χ2v) is 8.92. The molecule has 1 amide bonds. The summed E-state index contributed by atoms with van der Waals surface area (Å²) in [5.74, 6) is 1.09. The number of methoxy groups -OCH3 is 1. The van der Waals surface area contributed by atoms with Crippen molar-refractivity contribution in [2.45, 2.75) is 11.8 Å². The monoisotopic (exact) mass is 440 g/mol. The maximum Gasteiger partial charge on any atom is 0.246 e. The Labute approximate surface area is 182 Å². The lowest BCUT2D eigenvalue weighted by Crippen LogP contribution is -2.35. The molecule has 0 aliphatic carbocycles. The summed E-state index contributed by atoms with van der Waals surface area (Å²) in [5.41, 5.74) is 1.30. The highest BCUT2D eigenvalue weighted by Gasteiger charge is 2.26. The summed E-state index contributed by atoms with van der Waals surface area (Å²) in [4.78, 5) is 12.4. The largest absolute Gasteiger partial charge is 0.495 e. The molecule has 3 rings (SSSR count). The zero-order valence-electron chi connectivity index (χ0n) is 17.5. The first kappa shape index (κ1) is 22.3. The number of carbonyl (C=O) groups is 1. The first-order valence-corrected chi connectivity index (χ1v) is 11.0. The number of rotatable bonds is 8. The molecule has 0 aliphatic heterocycles. The molecular formula is C23H24N2O5S. The number of para-hydroxylation sites is 1. The Morgan fingerprint density at radius 2 is 1.61 bits per heavy atom. The number of sulfonamides is 1. The lowest BCUT2D eigenvalue weighted by atomic mass is 10.2. The van der Waals surface area contributed by atoms with Gasteiger partial charge in [0.05, 0.1) is 13.7 Å². The molecule has 1 N–H and O–H groups in total. The van der Waals surface area contributed by atoms with Gasteiger partial charge in [-0.3, -0.25) is 4.79 Å². The van der Waals surface area contributed by atoms with Gasteiger partial charge >= 0.3 is 0 Å². The average Bonchev–Trinajstić information content (AvgIpc) is 2.75. The Morgan fingerprint density at radius 3 is 2.26 bits per heavy atom. The summed E-state index contributed by atoms with van der Waals surface area (Å²) >= 11 is 0. The van der Waals surface area contributed by atoms with Crippen LogP contribution < -0.4 is 14.8 Å². The summed E-state index contributed by atoms with van der Waals surface area (Å²) in [7, 11) is -1.15. The van der Waals surface area contributed by atoms with Gasteiger partial charge in [-0.05, 0) is 61.0 Å². The molecule has 31 heavy (non-hydrogen) atoms. The van der Waals surface area contributed by atoms with Crippen molar-refractivity contribution in [3.05, 3.63) is 78.4 Å². The molecule has 0 aliphatic rings. The molecule has 0 saturated heterocycles. The van der Waals surface area contributed by atoms with E-state index in [4.69, 9.17) is 9.47 Å². The molecule has 3 aromatic carbocycles. The number of aryl methyl sites for hydroxylation is 1. The minimum Gasteiger partial charge on any atom is -0.495 e. The number of nitrogens with one attached hydrogen (secondary N) is 1. The number of anilines is 1. The zero-order valence-corrected chi connectivity index (χ0v) is 18.3. The number of benzene rings is 3. The van der Waals surface area contributed by atoms with Crippen molar-refractivity contribution in [2.24, 2.45) is 0 Å². The molecule has 3 aromatic rings. The van der Waals surface area contributed by atoms with Gasteiger partial charge in [0.15, 0.2) is 0 Å². The van der Waals surface area contributed by atoms with Crippen LogP contribution in [0.4, 0.5) is 5.69 Å². The van der Waals surface area contributed by atoms with E-state index < -0.39 is 15.9 Å². The molecule has 0 heterocycles. The normalized spacial score (nSPS) is 11.2. The second kappa shape index (κ2) is 9.63. The fraction of sp³-hybridized carbons (Fsp3) is 0.174. The number of carbonyl (C=O) groups excluding carboxylic acids is 1. The fourth-order valence-corrected chi connectivity index (χ4v) is 4.24. The van der Waals surface area contributed by atoms with Crippen molar-refractivity contribution in [2.75, 3.05) is 26.0 Å². The fourth-order valence-electron chi connectivity index (χ4n) is 2.87. The Kier molecular flexibility index (Phi) is 6.94. The molecule has 0 atom stereocenters. The van der Waals surface area contributed by atoms with E-state index >= 15 is 0 Å². The summed E-state index contributed by atoms with van der Waals surface area (Å²) < 4.78 is 37.7. The van der Waals surface area contributed by atoms with E-state index in [9.17, 15) is 13.2 Å². The Balaban J connectivity index is 1.64. The van der Waals surface area contributed by atoms with Crippen molar-refractivity contribution in [1.82, 2.24) is 4.31 Å². The van der Waals surface area contributed by atoms with Gasteiger partial charge in [-0.15, -0.1) is 0 Å². The summed E-state index contributed by atoms with van der Waals surface area (Å²) in [6, 6.07) is 21.0. The van der Waals surface area contributed by atoms with Gasteiger partial charge in [0.25, 0.3) is 0 Å². The van der Waals surface area contributed by atoms with Gasteiger partial charge in [-0.2, -0.15) is 4.31 Å². The molecule has 162 valence electrons. The van der Waals surface area contributed by atoms with Crippen LogP contribution in [0.1, 0.15) is 5.56 Å². The number of amides is 1. The van der Waals surface area contributed by atoms with Crippen molar-refractivity contribution in [3.8, 4) is 17.2 Å². The molecule has 0 unspecified atom stereocenters. The van der Waals surface area contributed by atoms with Crippen molar-refractivity contribution in [1.29, 1.82) is 0 Å². The van der Waals surface area contributed by atoms with Crippen LogP contribution in [0.2, 0.25) is 0 Å². The highest BCUT2D eigenvalue weighted by Crippen LogP contribution is 2.27. The molecule has 0 bridgehead atoms. The highest BCUT2D eigenvalue weighted by atomic mass is 32.2. The van der Waals surface area contributed by atoms with Crippen molar-refractivity contribution < 1.29 is 22.7 Å². The third kappa shape index (κ3) is 5.62. The SMILES string of the molecule is COc1ccc(C)cc1S(=O)(=O)N(C)CC(=O)Nc1ccc(Oc2ccccc2)cc1. The minimum absolute atomic E-state index is 0.0210. The number of nitrogens with zero attached hydrogens (tertiary/aromatic N) is 1. The predicted molar refractivity (Wildman–Crippen MR) is 119 cm³/mol. The number of hydrogen-bond acceptors (Lipinski definition) is 5. The first-order chi connectivity index (χ1) is 14.8. The molecule has 0 fully saturated rings. The summed E-state index contributed by atoms with van der Waals surface area (Å²) in [5, 5.41) is 2.70. The summed E-state index contributed by atoms with van der Waals surface area (Å²) in [6.07, 6.45) is 0. The molecule has 0 aromatic heterocycles. The van der Waals surface area contributed by atoms with Crippen LogP contribution in [0.3, 0.4) is 0 Å². The molecule has 0 saturated carbocycles. The van der Waals surface area contributed by atoms with E-state index in [1.807, 2.05) is 30.3 Å². The lowest BCUT2D eigenvalue weighted by Gasteiger charge is -2.19. The number of ether oxygens (including phenoxy) is 2. The van der Waals surface area contributed by atoms with Crippen LogP contribution in [0.5, 0.6) is 17.2 Å². The smallest absolute Gasteiger partial charge is 0.246 e.